The molecule has 0 bridgehead atoms. The largest absolute Gasteiger partial charge is 0.457 e. The van der Waals surface area contributed by atoms with Crippen molar-refractivity contribution in [2.45, 2.75) is 10.8 Å². The van der Waals surface area contributed by atoms with Crippen LogP contribution in [-0.4, -0.2) is 0 Å². The fourth-order valence-electron chi connectivity index (χ4n) is 19.2. The standard InChI is InChI=1S/2C55H35NO2/c1-3-14-36(15-4-1)37-26-28-39(29-27-37)56(40-31-33-51-46(34-40)45-20-13-19-42(54(45)58-51)38-16-5-2-6-17-38)41-30-32-44-43-18-7-8-21-47(43)55(50(44)35-41)48-22-9-11-24-52(48)57-53-25-12-10-23-49(53)55;1-2-12-36(13-3-1)37-22-27-40(28-23-37)56(41-29-24-38(25-30-41)39-26-33-52-46(34-39)45-15-5-9-19-51(45)57-52)42-31-32-44-43-14-4-6-16-47(43)55(50(44)35-42)48-17-7-10-20-53(48)58-54-21-11-8-18-49(54)55/h2*1-35H. The number of hydrogen-bond acceptors (Lipinski definition) is 6. The van der Waals surface area contributed by atoms with Crippen molar-refractivity contribution in [1.29, 1.82) is 0 Å². The first kappa shape index (κ1) is 66.5. The summed E-state index contributed by atoms with van der Waals surface area (Å²) >= 11 is 0. The molecule has 6 nitrogen and oxygen atoms in total. The van der Waals surface area contributed by atoms with Gasteiger partial charge in [-0.1, -0.05) is 303 Å². The fourth-order valence-corrected chi connectivity index (χ4v) is 19.2. The third-order valence-corrected chi connectivity index (χ3v) is 24.3. The minimum Gasteiger partial charge on any atom is -0.457 e. The number of furan rings is 2. The zero-order chi connectivity index (χ0) is 76.4. The van der Waals surface area contributed by atoms with Crippen LogP contribution in [0.25, 0.3) is 111 Å². The molecule has 0 saturated heterocycles. The van der Waals surface area contributed by atoms with E-state index in [0.29, 0.717) is 0 Å². The summed E-state index contributed by atoms with van der Waals surface area (Å²) in [5.74, 6) is 3.55. The Labute approximate surface area is 671 Å². The lowest BCUT2D eigenvalue weighted by atomic mass is 9.66. The van der Waals surface area contributed by atoms with Gasteiger partial charge in [-0.15, -0.1) is 0 Å². The number of nitrogens with zero attached hydrogens (tertiary/aromatic N) is 2. The Bertz CT molecular complexity index is 7180. The number of benzene rings is 18. The van der Waals surface area contributed by atoms with Crippen molar-refractivity contribution in [1.82, 2.24) is 0 Å². The first-order valence-electron chi connectivity index (χ1n) is 39.7. The summed E-state index contributed by atoms with van der Waals surface area (Å²) in [6, 6.07) is 152. The minimum absolute atomic E-state index is 0.560. The number of anilines is 6. The van der Waals surface area contributed by atoms with Crippen molar-refractivity contribution in [3.8, 4) is 89.8 Å². The molecule has 2 aliphatic carbocycles. The van der Waals surface area contributed by atoms with Gasteiger partial charge in [0.2, 0.25) is 0 Å². The van der Waals surface area contributed by atoms with E-state index in [1.54, 1.807) is 0 Å². The van der Waals surface area contributed by atoms with Crippen LogP contribution in [0.5, 0.6) is 23.0 Å². The summed E-state index contributed by atoms with van der Waals surface area (Å²) in [5.41, 5.74) is 32.7. The van der Waals surface area contributed by atoms with Crippen LogP contribution in [0.15, 0.2) is 433 Å². The van der Waals surface area contributed by atoms with Crippen LogP contribution in [0.2, 0.25) is 0 Å². The first-order chi connectivity index (χ1) is 57.5. The van der Waals surface area contributed by atoms with Gasteiger partial charge in [-0.25, -0.2) is 0 Å². The molecule has 0 saturated carbocycles. The quantitative estimate of drug-likeness (QED) is 0.136. The molecular weight excluding hydrogens is 1410 g/mol. The SMILES string of the molecule is c1ccc(-c2ccc(N(c3ccc(-c4ccc5oc6ccccc6c5c4)cc3)c3ccc4c(c3)C3(c5ccccc5Oc5ccccc53)c3ccccc3-4)cc2)cc1.c1ccc(-c2ccc(N(c3ccc4c(c3)C3(c5ccccc5Oc5ccccc53)c3ccccc3-4)c3ccc4oc5c(-c6ccccc6)cccc5c4c3)cc2)cc1. The molecule has 2 aromatic heterocycles. The van der Waals surface area contributed by atoms with Gasteiger partial charge >= 0.3 is 0 Å². The topological polar surface area (TPSA) is 51.2 Å². The molecular formula is C110H70N2O4. The molecule has 0 N–H and O–H groups in total. The maximum Gasteiger partial charge on any atom is 0.143 e. The molecule has 0 atom stereocenters. The van der Waals surface area contributed by atoms with E-state index in [4.69, 9.17) is 18.3 Å². The van der Waals surface area contributed by atoms with E-state index in [1.807, 2.05) is 12.1 Å². The van der Waals surface area contributed by atoms with Crippen molar-refractivity contribution in [3.63, 3.8) is 0 Å². The summed E-state index contributed by atoms with van der Waals surface area (Å²) in [4.78, 5) is 4.78. The Morgan fingerprint density at radius 2 is 0.491 bits per heavy atom. The Hall–Kier alpha value is -15.2. The zero-order valence-electron chi connectivity index (χ0n) is 62.9. The number of fused-ring (bicyclic) bond motifs is 24. The second-order valence-electron chi connectivity index (χ2n) is 30.4. The molecule has 116 heavy (non-hydrogen) atoms. The third kappa shape index (κ3) is 10.4. The molecule has 0 fully saturated rings. The number of hydrogen-bond donors (Lipinski definition) is 0. The highest BCUT2D eigenvalue weighted by Gasteiger charge is 2.53. The fraction of sp³-hybridized carbons (Fsp3) is 0.0182. The van der Waals surface area contributed by atoms with Gasteiger partial charge in [-0.2, -0.15) is 0 Å². The van der Waals surface area contributed by atoms with Crippen molar-refractivity contribution in [2.24, 2.45) is 0 Å². The molecule has 0 radical (unpaired) electrons. The molecule has 4 aliphatic rings. The van der Waals surface area contributed by atoms with Gasteiger partial charge in [0.15, 0.2) is 0 Å². The van der Waals surface area contributed by atoms with Crippen LogP contribution < -0.4 is 19.3 Å². The van der Waals surface area contributed by atoms with E-state index in [0.717, 1.165) is 146 Å². The summed E-state index contributed by atoms with van der Waals surface area (Å²) in [6.07, 6.45) is 0. The van der Waals surface area contributed by atoms with E-state index in [2.05, 4.69) is 422 Å². The Balaban J connectivity index is 0.000000137. The summed E-state index contributed by atoms with van der Waals surface area (Å²) < 4.78 is 26.1. The number of rotatable bonds is 10. The molecule has 0 amide bonds. The van der Waals surface area contributed by atoms with Gasteiger partial charge in [0, 0.05) is 83.5 Å². The van der Waals surface area contributed by atoms with Crippen LogP contribution in [0, 0.1) is 0 Å². The van der Waals surface area contributed by atoms with Crippen molar-refractivity contribution in [2.75, 3.05) is 9.80 Å². The average molecular weight is 1480 g/mol. The van der Waals surface area contributed by atoms with Crippen LogP contribution in [0.1, 0.15) is 44.5 Å². The highest BCUT2D eigenvalue weighted by molar-refractivity contribution is 6.11. The van der Waals surface area contributed by atoms with Crippen molar-refractivity contribution < 1.29 is 18.3 Å². The smallest absolute Gasteiger partial charge is 0.143 e. The van der Waals surface area contributed by atoms with E-state index in [9.17, 15) is 0 Å². The van der Waals surface area contributed by atoms with Crippen LogP contribution in [0.4, 0.5) is 34.1 Å². The third-order valence-electron chi connectivity index (χ3n) is 24.3. The Morgan fingerprint density at radius 3 is 0.991 bits per heavy atom. The average Bonchev–Trinajstić information content (AvgIpc) is 1.48. The van der Waals surface area contributed by atoms with Gasteiger partial charge in [0.1, 0.15) is 45.3 Å². The van der Waals surface area contributed by atoms with Gasteiger partial charge in [0.25, 0.3) is 0 Å². The second-order valence-corrected chi connectivity index (χ2v) is 30.4. The first-order valence-corrected chi connectivity index (χ1v) is 39.7. The van der Waals surface area contributed by atoms with E-state index < -0.39 is 10.8 Å². The van der Waals surface area contributed by atoms with Gasteiger partial charge in [-0.3, -0.25) is 0 Å². The predicted molar refractivity (Wildman–Crippen MR) is 473 cm³/mol. The molecule has 20 aromatic rings. The highest BCUT2D eigenvalue weighted by atomic mass is 16.5. The number of ether oxygens (including phenoxy) is 2. The molecule has 544 valence electrons. The van der Waals surface area contributed by atoms with Crippen molar-refractivity contribution >= 4 is 78.0 Å². The lowest BCUT2D eigenvalue weighted by Gasteiger charge is -2.39. The molecule has 2 spiro atoms. The van der Waals surface area contributed by atoms with E-state index in [-0.39, 0.29) is 0 Å². The Kier molecular flexibility index (Phi) is 15.3. The normalized spacial score (nSPS) is 13.1. The molecule has 0 unspecified atom stereocenters. The molecule has 4 heterocycles. The van der Waals surface area contributed by atoms with E-state index >= 15 is 0 Å². The van der Waals surface area contributed by atoms with Gasteiger partial charge in [0.05, 0.1) is 10.8 Å². The second kappa shape index (κ2) is 26.7. The lowest BCUT2D eigenvalue weighted by molar-refractivity contribution is 0.436. The van der Waals surface area contributed by atoms with Gasteiger partial charge in [-0.05, 0) is 205 Å². The van der Waals surface area contributed by atoms with E-state index in [1.165, 1.54) is 66.8 Å². The molecule has 18 aromatic carbocycles. The van der Waals surface area contributed by atoms with Crippen LogP contribution in [-0.2, 0) is 10.8 Å². The highest BCUT2D eigenvalue weighted by Crippen LogP contribution is 2.65. The lowest BCUT2D eigenvalue weighted by Crippen LogP contribution is -2.32. The zero-order valence-corrected chi connectivity index (χ0v) is 62.9. The maximum absolute atomic E-state index is 6.66. The maximum atomic E-state index is 6.66. The van der Waals surface area contributed by atoms with Crippen LogP contribution >= 0.6 is 0 Å². The molecule has 24 rings (SSSR count). The summed E-state index contributed by atoms with van der Waals surface area (Å²) in [6.45, 7) is 0. The molecule has 6 heteroatoms. The summed E-state index contributed by atoms with van der Waals surface area (Å²) in [7, 11) is 0. The van der Waals surface area contributed by atoms with Gasteiger partial charge < -0.3 is 28.1 Å². The monoisotopic (exact) mass is 1480 g/mol. The number of para-hydroxylation sites is 6. The predicted octanol–water partition coefficient (Wildman–Crippen LogP) is 29.7. The van der Waals surface area contributed by atoms with Crippen LogP contribution in [0.3, 0.4) is 0 Å². The van der Waals surface area contributed by atoms with Crippen molar-refractivity contribution in [3.05, 3.63) is 469 Å². The summed E-state index contributed by atoms with van der Waals surface area (Å²) in [5, 5.41) is 4.43. The minimum atomic E-state index is -0.575. The Morgan fingerprint density at radius 1 is 0.172 bits per heavy atom. The molecule has 2 aliphatic heterocycles.